The van der Waals surface area contributed by atoms with Gasteiger partial charge in [0.15, 0.2) is 0 Å². The molecule has 0 atom stereocenters. The third-order valence-corrected chi connectivity index (χ3v) is 5.57. The summed E-state index contributed by atoms with van der Waals surface area (Å²) in [6, 6.07) is 21.5. The van der Waals surface area contributed by atoms with Crippen molar-refractivity contribution in [3.05, 3.63) is 85.1 Å². The monoisotopic (exact) mass is 236 g/mol. The summed E-state index contributed by atoms with van der Waals surface area (Å²) in [4.78, 5) is 0. The standard InChI is InChI=1S/C16H16Si/c1-2-3-14-17(15-10-6-4-7-11-15)16-12-8-5-9-13-16/h2-14,17H,1H2. The topological polar surface area (TPSA) is 0 Å². The maximum Gasteiger partial charge on any atom is 0.125 e. The van der Waals surface area contributed by atoms with Gasteiger partial charge in [-0.1, -0.05) is 95.5 Å². The van der Waals surface area contributed by atoms with E-state index >= 15 is 0 Å². The Balaban J connectivity index is 2.39. The SMILES string of the molecule is C=CC=C[SiH](c1ccccc1)c1ccccc1. The zero-order valence-electron chi connectivity index (χ0n) is 9.79. The number of benzene rings is 2. The van der Waals surface area contributed by atoms with E-state index in [1.807, 2.05) is 6.08 Å². The molecule has 2 aromatic rings. The first-order valence-corrected chi connectivity index (χ1v) is 7.63. The lowest BCUT2D eigenvalue weighted by atomic mass is 10.4. The van der Waals surface area contributed by atoms with Crippen LogP contribution in [0.2, 0.25) is 0 Å². The molecule has 0 saturated heterocycles. The molecule has 0 bridgehead atoms. The Hall–Kier alpha value is -1.86. The Bertz CT molecular complexity index is 446. The molecule has 0 heterocycles. The molecular weight excluding hydrogens is 220 g/mol. The van der Waals surface area contributed by atoms with Gasteiger partial charge >= 0.3 is 0 Å². The van der Waals surface area contributed by atoms with Crippen LogP contribution in [0, 0.1) is 0 Å². The largest absolute Gasteiger partial charge is 0.125 e. The molecule has 0 saturated carbocycles. The van der Waals surface area contributed by atoms with Gasteiger partial charge in [0.2, 0.25) is 0 Å². The van der Waals surface area contributed by atoms with Gasteiger partial charge in [-0.2, -0.15) is 0 Å². The lowest BCUT2D eigenvalue weighted by Crippen LogP contribution is -2.40. The summed E-state index contributed by atoms with van der Waals surface area (Å²) in [6.07, 6.45) is 3.92. The number of hydrogen-bond donors (Lipinski definition) is 0. The van der Waals surface area contributed by atoms with Crippen molar-refractivity contribution in [2.24, 2.45) is 0 Å². The molecule has 1 heteroatoms. The van der Waals surface area contributed by atoms with Crippen molar-refractivity contribution in [3.63, 3.8) is 0 Å². The summed E-state index contributed by atoms with van der Waals surface area (Å²) < 4.78 is 0. The van der Waals surface area contributed by atoms with Gasteiger partial charge in [0.1, 0.15) is 8.80 Å². The van der Waals surface area contributed by atoms with Crippen molar-refractivity contribution in [1.29, 1.82) is 0 Å². The van der Waals surface area contributed by atoms with Crippen molar-refractivity contribution in [2.45, 2.75) is 0 Å². The lowest BCUT2D eigenvalue weighted by Gasteiger charge is -2.11. The van der Waals surface area contributed by atoms with Gasteiger partial charge in [-0.3, -0.25) is 0 Å². The van der Waals surface area contributed by atoms with Crippen molar-refractivity contribution >= 4 is 19.2 Å². The zero-order valence-corrected chi connectivity index (χ0v) is 10.9. The minimum Gasteiger partial charge on any atom is -0.0991 e. The highest BCUT2D eigenvalue weighted by atomic mass is 28.3. The Kier molecular flexibility index (Phi) is 4.11. The molecular formula is C16H16Si. The van der Waals surface area contributed by atoms with Gasteiger partial charge < -0.3 is 0 Å². The van der Waals surface area contributed by atoms with Crippen LogP contribution in [0.15, 0.2) is 85.1 Å². The second kappa shape index (κ2) is 6.02. The Morgan fingerprint density at radius 3 is 1.65 bits per heavy atom. The minimum atomic E-state index is -1.22. The predicted molar refractivity (Wildman–Crippen MR) is 78.6 cm³/mol. The maximum absolute atomic E-state index is 3.76. The second-order valence-corrected chi connectivity index (χ2v) is 6.59. The van der Waals surface area contributed by atoms with Crippen LogP contribution in [0.3, 0.4) is 0 Å². The summed E-state index contributed by atoms with van der Waals surface area (Å²) in [5.74, 6) is 0. The molecule has 0 aliphatic heterocycles. The fraction of sp³-hybridized carbons (Fsp3) is 0. The van der Waals surface area contributed by atoms with E-state index in [0.717, 1.165) is 0 Å². The number of allylic oxidation sites excluding steroid dienone is 2. The van der Waals surface area contributed by atoms with E-state index in [1.165, 1.54) is 10.4 Å². The third kappa shape index (κ3) is 3.05. The second-order valence-electron chi connectivity index (χ2n) is 3.92. The molecule has 17 heavy (non-hydrogen) atoms. The lowest BCUT2D eigenvalue weighted by molar-refractivity contribution is 1.73. The minimum absolute atomic E-state index is 1.22. The average Bonchev–Trinajstić information content (AvgIpc) is 2.42. The van der Waals surface area contributed by atoms with E-state index in [2.05, 4.69) is 79.0 Å². The summed E-state index contributed by atoms with van der Waals surface area (Å²) in [7, 11) is -1.22. The van der Waals surface area contributed by atoms with Crippen LogP contribution >= 0.6 is 0 Å². The molecule has 0 fully saturated rings. The normalized spacial score (nSPS) is 10.9. The summed E-state index contributed by atoms with van der Waals surface area (Å²) in [5.41, 5.74) is 2.32. The molecule has 0 aromatic heterocycles. The van der Waals surface area contributed by atoms with Crippen LogP contribution in [0.5, 0.6) is 0 Å². The molecule has 2 aromatic carbocycles. The van der Waals surface area contributed by atoms with Crippen LogP contribution in [0.4, 0.5) is 0 Å². The van der Waals surface area contributed by atoms with Crippen LogP contribution < -0.4 is 10.4 Å². The molecule has 0 N–H and O–H groups in total. The Labute approximate surface area is 105 Å². The molecule has 0 aliphatic rings. The van der Waals surface area contributed by atoms with E-state index in [1.54, 1.807) is 0 Å². The van der Waals surface area contributed by atoms with E-state index in [4.69, 9.17) is 0 Å². The number of rotatable bonds is 4. The van der Waals surface area contributed by atoms with Crippen LogP contribution in [-0.2, 0) is 0 Å². The smallest absolute Gasteiger partial charge is 0.0991 e. The molecule has 84 valence electrons. The first kappa shape index (κ1) is 11.6. The Morgan fingerprint density at radius 1 is 0.765 bits per heavy atom. The molecule has 0 spiro atoms. The van der Waals surface area contributed by atoms with Crippen LogP contribution in [-0.4, -0.2) is 8.80 Å². The molecule has 0 nitrogen and oxygen atoms in total. The predicted octanol–water partition coefficient (Wildman–Crippen LogP) is 2.31. The van der Waals surface area contributed by atoms with Crippen molar-refractivity contribution in [1.82, 2.24) is 0 Å². The summed E-state index contributed by atoms with van der Waals surface area (Å²) in [5, 5.41) is 2.88. The highest BCUT2D eigenvalue weighted by Gasteiger charge is 2.11. The van der Waals surface area contributed by atoms with Gasteiger partial charge in [-0.15, -0.1) is 0 Å². The van der Waals surface area contributed by atoms with Crippen molar-refractivity contribution in [2.75, 3.05) is 0 Å². The van der Waals surface area contributed by atoms with Gasteiger partial charge in [-0.25, -0.2) is 0 Å². The van der Waals surface area contributed by atoms with E-state index in [-0.39, 0.29) is 0 Å². The zero-order chi connectivity index (χ0) is 11.9. The van der Waals surface area contributed by atoms with Crippen molar-refractivity contribution < 1.29 is 0 Å². The Morgan fingerprint density at radius 2 is 1.24 bits per heavy atom. The van der Waals surface area contributed by atoms with Gasteiger partial charge in [0.05, 0.1) is 0 Å². The first-order chi connectivity index (χ1) is 8.42. The molecule has 0 aliphatic carbocycles. The molecule has 0 amide bonds. The highest BCUT2D eigenvalue weighted by Crippen LogP contribution is 1.94. The molecule has 0 unspecified atom stereocenters. The fourth-order valence-electron chi connectivity index (χ4n) is 1.93. The summed E-state index contributed by atoms with van der Waals surface area (Å²) in [6.45, 7) is 3.76. The van der Waals surface area contributed by atoms with Gasteiger partial charge in [0.25, 0.3) is 0 Å². The first-order valence-electron chi connectivity index (χ1n) is 5.81. The van der Waals surface area contributed by atoms with Crippen LogP contribution in [0.25, 0.3) is 0 Å². The third-order valence-electron chi connectivity index (χ3n) is 2.76. The van der Waals surface area contributed by atoms with E-state index in [0.29, 0.717) is 0 Å². The quantitative estimate of drug-likeness (QED) is 0.564. The van der Waals surface area contributed by atoms with Crippen LogP contribution in [0.1, 0.15) is 0 Å². The fourth-order valence-corrected chi connectivity index (χ4v) is 4.41. The van der Waals surface area contributed by atoms with Crippen molar-refractivity contribution in [3.8, 4) is 0 Å². The highest BCUT2D eigenvalue weighted by molar-refractivity contribution is 6.89. The van der Waals surface area contributed by atoms with E-state index < -0.39 is 8.80 Å². The van der Waals surface area contributed by atoms with Gasteiger partial charge in [0, 0.05) is 0 Å². The molecule has 2 rings (SSSR count). The number of hydrogen-bond acceptors (Lipinski definition) is 0. The average molecular weight is 236 g/mol. The molecule has 0 radical (unpaired) electrons. The van der Waals surface area contributed by atoms with E-state index in [9.17, 15) is 0 Å². The van der Waals surface area contributed by atoms with Gasteiger partial charge in [-0.05, 0) is 0 Å². The maximum atomic E-state index is 3.76. The summed E-state index contributed by atoms with van der Waals surface area (Å²) >= 11 is 0.